The van der Waals surface area contributed by atoms with Crippen molar-refractivity contribution in [1.29, 1.82) is 0 Å². The Morgan fingerprint density at radius 2 is 1.71 bits per heavy atom. The third kappa shape index (κ3) is 7.85. The van der Waals surface area contributed by atoms with E-state index in [4.69, 9.17) is 9.47 Å². The van der Waals surface area contributed by atoms with Crippen molar-refractivity contribution in [3.63, 3.8) is 0 Å². The van der Waals surface area contributed by atoms with Gasteiger partial charge in [-0.2, -0.15) is 0 Å². The van der Waals surface area contributed by atoms with E-state index >= 15 is 0 Å². The molecule has 1 fully saturated rings. The second kappa shape index (κ2) is 13.5. The Balaban J connectivity index is 1.52. The fourth-order valence-electron chi connectivity index (χ4n) is 5.12. The molecule has 3 nitrogen and oxygen atoms in total. The first-order valence-electron chi connectivity index (χ1n) is 13.3. The first-order valence-corrected chi connectivity index (χ1v) is 13.3. The van der Waals surface area contributed by atoms with Gasteiger partial charge in [-0.25, -0.2) is 9.18 Å². The molecule has 0 heterocycles. The summed E-state index contributed by atoms with van der Waals surface area (Å²) < 4.78 is 25.6. The van der Waals surface area contributed by atoms with Crippen molar-refractivity contribution in [2.45, 2.75) is 103 Å². The van der Waals surface area contributed by atoms with E-state index in [2.05, 4.69) is 19.9 Å². The Morgan fingerprint density at radius 1 is 0.971 bits per heavy atom. The summed E-state index contributed by atoms with van der Waals surface area (Å²) in [6, 6.07) is 12.6. The molecule has 2 aromatic rings. The van der Waals surface area contributed by atoms with Crippen LogP contribution in [0.1, 0.15) is 103 Å². The molecule has 2 aromatic carbocycles. The van der Waals surface area contributed by atoms with Gasteiger partial charge in [-0.3, -0.25) is 0 Å². The van der Waals surface area contributed by atoms with Gasteiger partial charge in [0.1, 0.15) is 17.7 Å². The van der Waals surface area contributed by atoms with E-state index < -0.39 is 6.16 Å². The van der Waals surface area contributed by atoms with Crippen LogP contribution in [0.5, 0.6) is 5.75 Å². The smallest absolute Gasteiger partial charge is 0.431 e. The molecular weight excluding hydrogens is 427 g/mol. The number of ether oxygens (including phenoxy) is 2. The van der Waals surface area contributed by atoms with Crippen LogP contribution in [-0.4, -0.2) is 12.3 Å². The number of carbonyl (C=O) groups excluding carboxylic acids is 1. The maximum absolute atomic E-state index is 15.0. The molecule has 0 spiro atoms. The summed E-state index contributed by atoms with van der Waals surface area (Å²) in [7, 11) is 0. The van der Waals surface area contributed by atoms with Crippen LogP contribution in [0.4, 0.5) is 9.18 Å². The second-order valence-corrected chi connectivity index (χ2v) is 9.90. The molecule has 1 aliphatic carbocycles. The molecule has 4 heteroatoms. The minimum Gasteiger partial charge on any atom is -0.431 e. The molecule has 0 saturated heterocycles. The zero-order valence-electron chi connectivity index (χ0n) is 21.2. The Labute approximate surface area is 205 Å². The molecule has 3 rings (SSSR count). The lowest BCUT2D eigenvalue weighted by Crippen LogP contribution is -2.18. The molecule has 1 saturated carbocycles. The number of hydrogen-bond acceptors (Lipinski definition) is 3. The van der Waals surface area contributed by atoms with E-state index in [-0.39, 0.29) is 11.9 Å². The highest BCUT2D eigenvalue weighted by Gasteiger charge is 2.22. The molecule has 34 heavy (non-hydrogen) atoms. The zero-order chi connectivity index (χ0) is 24.3. The number of halogens is 1. The van der Waals surface area contributed by atoms with Gasteiger partial charge in [0.05, 0.1) is 0 Å². The number of unbranched alkanes of at least 4 members (excludes halogenated alkanes) is 3. The van der Waals surface area contributed by atoms with E-state index in [0.717, 1.165) is 49.1 Å². The summed E-state index contributed by atoms with van der Waals surface area (Å²) in [5.41, 5.74) is 2.45. The highest BCUT2D eigenvalue weighted by atomic mass is 19.1. The van der Waals surface area contributed by atoms with Crippen molar-refractivity contribution in [2.24, 2.45) is 5.92 Å². The van der Waals surface area contributed by atoms with Gasteiger partial charge in [0.2, 0.25) is 0 Å². The topological polar surface area (TPSA) is 35.5 Å². The maximum atomic E-state index is 15.0. The molecule has 0 amide bonds. The van der Waals surface area contributed by atoms with Crippen molar-refractivity contribution in [3.05, 3.63) is 53.8 Å². The fourth-order valence-corrected chi connectivity index (χ4v) is 5.12. The highest BCUT2D eigenvalue weighted by Crippen LogP contribution is 2.38. The third-order valence-electron chi connectivity index (χ3n) is 7.14. The van der Waals surface area contributed by atoms with Crippen molar-refractivity contribution in [2.75, 3.05) is 0 Å². The average Bonchev–Trinajstić information content (AvgIpc) is 2.83. The van der Waals surface area contributed by atoms with Crippen LogP contribution >= 0.6 is 0 Å². The lowest BCUT2D eigenvalue weighted by Gasteiger charge is -2.28. The monoisotopic (exact) mass is 468 g/mol. The minimum absolute atomic E-state index is 0.169. The van der Waals surface area contributed by atoms with Gasteiger partial charge in [0.15, 0.2) is 0 Å². The molecule has 186 valence electrons. The van der Waals surface area contributed by atoms with Crippen LogP contribution in [0.15, 0.2) is 42.5 Å². The van der Waals surface area contributed by atoms with E-state index in [9.17, 15) is 9.18 Å². The minimum atomic E-state index is -0.695. The molecule has 0 radical (unpaired) electrons. The van der Waals surface area contributed by atoms with Crippen molar-refractivity contribution in [1.82, 2.24) is 0 Å². The van der Waals surface area contributed by atoms with Crippen LogP contribution in [-0.2, 0) is 4.74 Å². The van der Waals surface area contributed by atoms with E-state index in [0.29, 0.717) is 17.2 Å². The summed E-state index contributed by atoms with van der Waals surface area (Å²) >= 11 is 0. The number of rotatable bonds is 11. The largest absolute Gasteiger partial charge is 0.514 e. The first kappa shape index (κ1) is 26.2. The van der Waals surface area contributed by atoms with Gasteiger partial charge in [-0.1, -0.05) is 70.2 Å². The molecule has 0 aliphatic heterocycles. The Morgan fingerprint density at radius 3 is 2.35 bits per heavy atom. The summed E-state index contributed by atoms with van der Waals surface area (Å²) in [6.07, 6.45) is 11.9. The number of hydrogen-bond donors (Lipinski definition) is 0. The SMILES string of the molecule is CCCCCCC(C)OC(=O)Oc1ccc(-c2ccc(C3CCC(CCC)CC3)cc2F)cc1. The Bertz CT molecular complexity index is 884. The van der Waals surface area contributed by atoms with Crippen molar-refractivity contribution < 1.29 is 18.7 Å². The van der Waals surface area contributed by atoms with Crippen LogP contribution in [0, 0.1) is 11.7 Å². The normalized spacial score (nSPS) is 18.9. The standard InChI is InChI=1S/C30H41FO3/c1-4-6-7-8-10-22(3)33-30(32)34-27-18-15-25(16-19-27)28-20-17-26(21-29(28)31)24-13-11-23(9-5-2)12-14-24/h15-24H,4-14H2,1-3H3. The van der Waals surface area contributed by atoms with Crippen LogP contribution in [0.25, 0.3) is 11.1 Å². The fraction of sp³-hybridized carbons (Fsp3) is 0.567. The molecule has 0 bridgehead atoms. The van der Waals surface area contributed by atoms with Crippen molar-refractivity contribution >= 4 is 6.16 Å². The molecular formula is C30H41FO3. The zero-order valence-corrected chi connectivity index (χ0v) is 21.2. The van der Waals surface area contributed by atoms with Gasteiger partial charge in [0.25, 0.3) is 0 Å². The predicted octanol–water partition coefficient (Wildman–Crippen LogP) is 9.44. The van der Waals surface area contributed by atoms with Gasteiger partial charge in [0, 0.05) is 5.56 Å². The van der Waals surface area contributed by atoms with Crippen LogP contribution in [0.3, 0.4) is 0 Å². The second-order valence-electron chi connectivity index (χ2n) is 9.90. The van der Waals surface area contributed by atoms with Crippen LogP contribution in [0.2, 0.25) is 0 Å². The van der Waals surface area contributed by atoms with Crippen LogP contribution < -0.4 is 4.74 Å². The molecule has 1 atom stereocenters. The van der Waals surface area contributed by atoms with Gasteiger partial charge < -0.3 is 9.47 Å². The van der Waals surface area contributed by atoms with Gasteiger partial charge in [-0.05, 0) is 86.6 Å². The summed E-state index contributed by atoms with van der Waals surface area (Å²) in [5, 5.41) is 0. The first-order chi connectivity index (χ1) is 16.5. The lowest BCUT2D eigenvalue weighted by molar-refractivity contribution is 0.0613. The molecule has 1 unspecified atom stereocenters. The van der Waals surface area contributed by atoms with E-state index in [1.54, 1.807) is 30.3 Å². The molecule has 1 aliphatic rings. The third-order valence-corrected chi connectivity index (χ3v) is 7.14. The number of benzene rings is 2. The summed E-state index contributed by atoms with van der Waals surface area (Å²) in [4.78, 5) is 12.1. The van der Waals surface area contributed by atoms with E-state index in [1.807, 2.05) is 13.0 Å². The quantitative estimate of drug-likeness (QED) is 0.187. The molecule has 0 N–H and O–H groups in total. The van der Waals surface area contributed by atoms with E-state index in [1.165, 1.54) is 38.5 Å². The Hall–Kier alpha value is -2.36. The molecule has 0 aromatic heterocycles. The summed E-state index contributed by atoms with van der Waals surface area (Å²) in [5.74, 6) is 1.51. The highest BCUT2D eigenvalue weighted by molar-refractivity contribution is 5.67. The maximum Gasteiger partial charge on any atom is 0.514 e. The number of carbonyl (C=O) groups is 1. The van der Waals surface area contributed by atoms with Gasteiger partial charge >= 0.3 is 6.16 Å². The summed E-state index contributed by atoms with van der Waals surface area (Å²) in [6.45, 7) is 6.31. The lowest BCUT2D eigenvalue weighted by atomic mass is 9.77. The Kier molecular flexibility index (Phi) is 10.4. The van der Waals surface area contributed by atoms with Crippen molar-refractivity contribution in [3.8, 4) is 16.9 Å². The average molecular weight is 469 g/mol. The van der Waals surface area contributed by atoms with Gasteiger partial charge in [-0.15, -0.1) is 0 Å². The predicted molar refractivity (Wildman–Crippen MR) is 137 cm³/mol.